The number of furan rings is 1. The number of rotatable bonds is 2. The molecule has 1 fully saturated rings. The van der Waals surface area contributed by atoms with Gasteiger partial charge in [-0.2, -0.15) is 0 Å². The Morgan fingerprint density at radius 3 is 3.07 bits per heavy atom. The van der Waals surface area contributed by atoms with Gasteiger partial charge in [0.25, 0.3) is 0 Å². The quantitative estimate of drug-likeness (QED) is 0.771. The Morgan fingerprint density at radius 2 is 2.43 bits per heavy atom. The molecule has 0 bridgehead atoms. The minimum absolute atomic E-state index is 0.597. The number of hydrogen-bond donors (Lipinski definition) is 1. The molecule has 0 aromatic carbocycles. The van der Waals surface area contributed by atoms with Crippen molar-refractivity contribution in [2.24, 2.45) is 0 Å². The van der Waals surface area contributed by atoms with Gasteiger partial charge in [0.2, 0.25) is 0 Å². The summed E-state index contributed by atoms with van der Waals surface area (Å²) < 4.78 is 5.56. The first-order valence-electron chi connectivity index (χ1n) is 5.25. The summed E-state index contributed by atoms with van der Waals surface area (Å²) in [4.78, 5) is 2.43. The van der Waals surface area contributed by atoms with E-state index in [2.05, 4.69) is 23.2 Å². The van der Waals surface area contributed by atoms with Crippen LogP contribution in [0.15, 0.2) is 16.5 Å². The van der Waals surface area contributed by atoms with Crippen LogP contribution in [0.4, 0.5) is 0 Å². The van der Waals surface area contributed by atoms with Crippen LogP contribution in [0.5, 0.6) is 0 Å². The molecule has 1 aromatic rings. The highest BCUT2D eigenvalue weighted by atomic mass is 16.3. The second kappa shape index (κ2) is 4.15. The van der Waals surface area contributed by atoms with Crippen molar-refractivity contribution in [1.29, 1.82) is 0 Å². The summed E-state index contributed by atoms with van der Waals surface area (Å²) in [6.07, 6.45) is 0. The number of piperazine rings is 1. The highest BCUT2D eigenvalue weighted by Crippen LogP contribution is 2.10. The zero-order valence-electron chi connectivity index (χ0n) is 8.92. The Labute approximate surface area is 85.1 Å². The van der Waals surface area contributed by atoms with Crippen molar-refractivity contribution < 1.29 is 4.42 Å². The Kier molecular flexibility index (Phi) is 2.89. The lowest BCUT2D eigenvalue weighted by Gasteiger charge is -2.31. The zero-order valence-corrected chi connectivity index (χ0v) is 8.92. The highest BCUT2D eigenvalue weighted by Gasteiger charge is 2.16. The van der Waals surface area contributed by atoms with Gasteiger partial charge in [0.05, 0.1) is 6.54 Å². The lowest BCUT2D eigenvalue weighted by molar-refractivity contribution is 0.186. The normalized spacial score (nSPS) is 24.0. The SMILES string of the molecule is Cc1ccc(CN2CCN[C@H](C)C2)o1. The van der Waals surface area contributed by atoms with Gasteiger partial charge in [-0.15, -0.1) is 0 Å². The van der Waals surface area contributed by atoms with Gasteiger partial charge in [-0.25, -0.2) is 0 Å². The summed E-state index contributed by atoms with van der Waals surface area (Å²) in [5, 5.41) is 3.43. The third kappa shape index (κ3) is 2.36. The molecule has 3 heteroatoms. The van der Waals surface area contributed by atoms with E-state index in [1.807, 2.05) is 13.0 Å². The molecule has 78 valence electrons. The van der Waals surface area contributed by atoms with Crippen LogP contribution in [0.25, 0.3) is 0 Å². The van der Waals surface area contributed by atoms with Gasteiger partial charge >= 0.3 is 0 Å². The first-order chi connectivity index (χ1) is 6.74. The number of nitrogens with one attached hydrogen (secondary N) is 1. The minimum atomic E-state index is 0.597. The van der Waals surface area contributed by atoms with E-state index < -0.39 is 0 Å². The van der Waals surface area contributed by atoms with Crippen LogP contribution < -0.4 is 5.32 Å². The number of aryl methyl sites for hydroxylation is 1. The Morgan fingerprint density at radius 1 is 1.57 bits per heavy atom. The molecule has 0 aliphatic carbocycles. The molecular formula is C11H18N2O. The van der Waals surface area contributed by atoms with Crippen LogP contribution in [0.1, 0.15) is 18.4 Å². The number of nitrogens with zero attached hydrogens (tertiary/aromatic N) is 1. The average molecular weight is 194 g/mol. The van der Waals surface area contributed by atoms with Gasteiger partial charge in [-0.05, 0) is 26.0 Å². The van der Waals surface area contributed by atoms with E-state index >= 15 is 0 Å². The summed E-state index contributed by atoms with van der Waals surface area (Å²) in [6, 6.07) is 4.70. The van der Waals surface area contributed by atoms with Crippen molar-refractivity contribution in [1.82, 2.24) is 10.2 Å². The molecule has 1 aliphatic heterocycles. The molecular weight excluding hydrogens is 176 g/mol. The van der Waals surface area contributed by atoms with Crippen molar-refractivity contribution >= 4 is 0 Å². The first kappa shape index (κ1) is 9.74. The molecule has 0 amide bonds. The van der Waals surface area contributed by atoms with Gasteiger partial charge in [-0.3, -0.25) is 4.90 Å². The van der Waals surface area contributed by atoms with E-state index in [0.29, 0.717) is 6.04 Å². The molecule has 1 N–H and O–H groups in total. The minimum Gasteiger partial charge on any atom is -0.465 e. The third-order valence-electron chi connectivity index (χ3n) is 2.63. The van der Waals surface area contributed by atoms with Crippen LogP contribution in [-0.2, 0) is 6.54 Å². The molecule has 3 nitrogen and oxygen atoms in total. The fourth-order valence-corrected chi connectivity index (χ4v) is 1.95. The lowest BCUT2D eigenvalue weighted by atomic mass is 10.2. The van der Waals surface area contributed by atoms with Crippen LogP contribution in [0.2, 0.25) is 0 Å². The summed E-state index contributed by atoms with van der Waals surface area (Å²) >= 11 is 0. The van der Waals surface area contributed by atoms with Gasteiger partial charge < -0.3 is 9.73 Å². The topological polar surface area (TPSA) is 28.4 Å². The summed E-state index contributed by atoms with van der Waals surface area (Å²) in [6.45, 7) is 8.47. The van der Waals surface area contributed by atoms with Crippen LogP contribution in [0, 0.1) is 6.92 Å². The Hall–Kier alpha value is -0.800. The summed E-state index contributed by atoms with van der Waals surface area (Å²) in [5.74, 6) is 2.08. The predicted octanol–water partition coefficient (Wildman–Crippen LogP) is 1.38. The smallest absolute Gasteiger partial charge is 0.118 e. The monoisotopic (exact) mass is 194 g/mol. The van der Waals surface area contributed by atoms with E-state index in [9.17, 15) is 0 Å². The molecule has 0 radical (unpaired) electrons. The summed E-state index contributed by atoms with van der Waals surface area (Å²) in [5.41, 5.74) is 0. The van der Waals surface area contributed by atoms with E-state index in [-0.39, 0.29) is 0 Å². The third-order valence-corrected chi connectivity index (χ3v) is 2.63. The van der Waals surface area contributed by atoms with Crippen molar-refractivity contribution in [3.05, 3.63) is 23.7 Å². The first-order valence-corrected chi connectivity index (χ1v) is 5.25. The highest BCUT2D eigenvalue weighted by molar-refractivity contribution is 5.05. The molecule has 2 heterocycles. The van der Waals surface area contributed by atoms with Crippen molar-refractivity contribution in [2.45, 2.75) is 26.4 Å². The van der Waals surface area contributed by atoms with Crippen molar-refractivity contribution in [2.75, 3.05) is 19.6 Å². The average Bonchev–Trinajstić information content (AvgIpc) is 2.51. The number of hydrogen-bond acceptors (Lipinski definition) is 3. The van der Waals surface area contributed by atoms with E-state index in [0.717, 1.165) is 37.7 Å². The van der Waals surface area contributed by atoms with Crippen molar-refractivity contribution in [3.63, 3.8) is 0 Å². The molecule has 0 unspecified atom stereocenters. The second-order valence-electron chi connectivity index (χ2n) is 4.10. The zero-order chi connectivity index (χ0) is 9.97. The van der Waals surface area contributed by atoms with Crippen LogP contribution in [-0.4, -0.2) is 30.6 Å². The van der Waals surface area contributed by atoms with Gasteiger partial charge in [0.1, 0.15) is 11.5 Å². The summed E-state index contributed by atoms with van der Waals surface area (Å²) in [7, 11) is 0. The lowest BCUT2D eigenvalue weighted by Crippen LogP contribution is -2.48. The van der Waals surface area contributed by atoms with Crippen LogP contribution in [0.3, 0.4) is 0 Å². The van der Waals surface area contributed by atoms with Gasteiger partial charge in [0.15, 0.2) is 0 Å². The molecule has 0 saturated carbocycles. The van der Waals surface area contributed by atoms with Crippen molar-refractivity contribution in [3.8, 4) is 0 Å². The molecule has 1 atom stereocenters. The van der Waals surface area contributed by atoms with E-state index in [1.165, 1.54) is 0 Å². The largest absolute Gasteiger partial charge is 0.465 e. The Balaban J connectivity index is 1.90. The molecule has 2 rings (SSSR count). The van der Waals surface area contributed by atoms with Crippen LogP contribution >= 0.6 is 0 Å². The predicted molar refractivity (Wildman–Crippen MR) is 56.2 cm³/mol. The molecule has 1 aromatic heterocycles. The molecule has 1 aliphatic rings. The fraction of sp³-hybridized carbons (Fsp3) is 0.636. The Bertz CT molecular complexity index is 295. The molecule has 14 heavy (non-hydrogen) atoms. The maximum atomic E-state index is 5.56. The maximum Gasteiger partial charge on any atom is 0.118 e. The second-order valence-corrected chi connectivity index (χ2v) is 4.10. The van der Waals surface area contributed by atoms with E-state index in [1.54, 1.807) is 0 Å². The standard InChI is InChI=1S/C11H18N2O/c1-9-7-13(6-5-12-9)8-11-4-3-10(2)14-11/h3-4,9,12H,5-8H2,1-2H3/t9-/m1/s1. The van der Waals surface area contributed by atoms with Gasteiger partial charge in [-0.1, -0.05) is 0 Å². The maximum absolute atomic E-state index is 5.56. The van der Waals surface area contributed by atoms with Gasteiger partial charge in [0, 0.05) is 25.7 Å². The van der Waals surface area contributed by atoms with E-state index in [4.69, 9.17) is 4.42 Å². The molecule has 0 spiro atoms. The fourth-order valence-electron chi connectivity index (χ4n) is 1.95. The molecule has 1 saturated heterocycles.